The Kier molecular flexibility index (Phi) is 6.37. The molecular weight excluding hydrogens is 286 g/mol. The van der Waals surface area contributed by atoms with Crippen molar-refractivity contribution in [3.8, 4) is 5.75 Å². The van der Waals surface area contributed by atoms with Crippen LogP contribution in [0.15, 0.2) is 18.2 Å². The predicted octanol–water partition coefficient (Wildman–Crippen LogP) is 2.63. The van der Waals surface area contributed by atoms with Gasteiger partial charge in [-0.05, 0) is 38.5 Å². The first-order valence-corrected chi connectivity index (χ1v) is 7.07. The lowest BCUT2D eigenvalue weighted by molar-refractivity contribution is -0.133. The molecule has 1 aromatic carbocycles. The molecule has 0 atom stereocenters. The van der Waals surface area contributed by atoms with Crippen LogP contribution < -0.4 is 10.1 Å². The number of hydrogen-bond donors (Lipinski definition) is 1. The van der Waals surface area contributed by atoms with E-state index in [0.717, 1.165) is 6.42 Å². The van der Waals surface area contributed by atoms with Crippen LogP contribution in [0.4, 0.5) is 5.69 Å². The van der Waals surface area contributed by atoms with Gasteiger partial charge in [0.2, 0.25) is 0 Å². The van der Waals surface area contributed by atoms with E-state index in [4.69, 9.17) is 14.2 Å². The molecule has 0 radical (unpaired) electrons. The van der Waals surface area contributed by atoms with Crippen molar-refractivity contribution < 1.29 is 23.8 Å². The molecular formula is C16H23NO5. The van der Waals surface area contributed by atoms with Crippen molar-refractivity contribution in [1.82, 2.24) is 0 Å². The van der Waals surface area contributed by atoms with Gasteiger partial charge in [-0.1, -0.05) is 6.92 Å². The minimum atomic E-state index is -0.969. The summed E-state index contributed by atoms with van der Waals surface area (Å²) in [6.45, 7) is 5.77. The van der Waals surface area contributed by atoms with Crippen LogP contribution in [0.25, 0.3) is 0 Å². The monoisotopic (exact) mass is 309 g/mol. The highest BCUT2D eigenvalue weighted by Crippen LogP contribution is 2.25. The fraction of sp³-hybridized carbons (Fsp3) is 0.500. The lowest BCUT2D eigenvalue weighted by atomic mass is 10.1. The molecule has 6 nitrogen and oxygen atoms in total. The molecule has 22 heavy (non-hydrogen) atoms. The second kappa shape index (κ2) is 7.79. The minimum absolute atomic E-state index is 0.268. The Bertz CT molecular complexity index is 539. The number of nitrogens with one attached hydrogen (secondary N) is 1. The van der Waals surface area contributed by atoms with Crippen molar-refractivity contribution in [3.63, 3.8) is 0 Å². The summed E-state index contributed by atoms with van der Waals surface area (Å²) < 4.78 is 15.4. The molecule has 0 aromatic heterocycles. The van der Waals surface area contributed by atoms with Gasteiger partial charge in [-0.15, -0.1) is 0 Å². The summed E-state index contributed by atoms with van der Waals surface area (Å²) in [6.07, 6.45) is 0.821. The van der Waals surface area contributed by atoms with Gasteiger partial charge in [0, 0.05) is 12.8 Å². The minimum Gasteiger partial charge on any atom is -0.493 e. The van der Waals surface area contributed by atoms with Gasteiger partial charge in [-0.3, -0.25) is 4.79 Å². The summed E-state index contributed by atoms with van der Waals surface area (Å²) in [5.74, 6) is -0.404. The van der Waals surface area contributed by atoms with Crippen molar-refractivity contribution in [2.24, 2.45) is 0 Å². The van der Waals surface area contributed by atoms with Crippen molar-refractivity contribution in [2.75, 3.05) is 26.1 Å². The lowest BCUT2D eigenvalue weighted by Crippen LogP contribution is -2.38. The van der Waals surface area contributed by atoms with Crippen molar-refractivity contribution in [2.45, 2.75) is 32.8 Å². The summed E-state index contributed by atoms with van der Waals surface area (Å²) >= 11 is 0. The number of rotatable bonds is 7. The van der Waals surface area contributed by atoms with Crippen LogP contribution in [0.3, 0.4) is 0 Å². The topological polar surface area (TPSA) is 73.9 Å². The van der Waals surface area contributed by atoms with Gasteiger partial charge in [0.05, 0.1) is 13.7 Å². The van der Waals surface area contributed by atoms with Crippen molar-refractivity contribution in [3.05, 3.63) is 23.8 Å². The van der Waals surface area contributed by atoms with Gasteiger partial charge in [0.1, 0.15) is 16.9 Å². The van der Waals surface area contributed by atoms with Crippen LogP contribution >= 0.6 is 0 Å². The van der Waals surface area contributed by atoms with E-state index in [-0.39, 0.29) is 11.5 Å². The fourth-order valence-corrected chi connectivity index (χ4v) is 1.59. The highest BCUT2D eigenvalue weighted by atomic mass is 16.5. The van der Waals surface area contributed by atoms with Gasteiger partial charge < -0.3 is 19.5 Å². The summed E-state index contributed by atoms with van der Waals surface area (Å²) in [6, 6.07) is 4.83. The lowest BCUT2D eigenvalue weighted by Gasteiger charge is -2.22. The zero-order chi connectivity index (χ0) is 16.8. The molecule has 6 heteroatoms. The zero-order valence-electron chi connectivity index (χ0n) is 13.7. The highest BCUT2D eigenvalue weighted by Gasteiger charge is 2.27. The molecule has 0 saturated carbocycles. The van der Waals surface area contributed by atoms with E-state index >= 15 is 0 Å². The normalized spacial score (nSPS) is 11.0. The quantitative estimate of drug-likeness (QED) is 0.784. The van der Waals surface area contributed by atoms with Crippen molar-refractivity contribution >= 4 is 17.6 Å². The van der Waals surface area contributed by atoms with E-state index in [1.54, 1.807) is 26.0 Å². The molecule has 0 bridgehead atoms. The van der Waals surface area contributed by atoms with Crippen LogP contribution in [-0.2, 0) is 14.3 Å². The van der Waals surface area contributed by atoms with Crippen LogP contribution in [0, 0.1) is 0 Å². The Morgan fingerprint density at radius 3 is 2.45 bits per heavy atom. The molecule has 1 N–H and O–H groups in total. The number of methoxy groups -OCH3 is 2. The van der Waals surface area contributed by atoms with Gasteiger partial charge in [0.15, 0.2) is 0 Å². The molecule has 0 aliphatic rings. The van der Waals surface area contributed by atoms with Crippen LogP contribution in [-0.4, -0.2) is 38.3 Å². The van der Waals surface area contributed by atoms with E-state index in [9.17, 15) is 9.59 Å². The maximum Gasteiger partial charge on any atom is 0.341 e. The van der Waals surface area contributed by atoms with Gasteiger partial charge in [0.25, 0.3) is 5.91 Å². The van der Waals surface area contributed by atoms with Crippen LogP contribution in [0.2, 0.25) is 0 Å². The maximum absolute atomic E-state index is 12.1. The third kappa shape index (κ3) is 4.46. The molecule has 0 unspecified atom stereocenters. The first-order valence-electron chi connectivity index (χ1n) is 7.07. The molecule has 1 rings (SSSR count). The Hall–Kier alpha value is -2.08. The molecule has 0 saturated heterocycles. The summed E-state index contributed by atoms with van der Waals surface area (Å²) in [5.41, 5.74) is -0.230. The van der Waals surface area contributed by atoms with Gasteiger partial charge >= 0.3 is 5.97 Å². The molecule has 1 amide bonds. The Balaban J connectivity index is 3.03. The van der Waals surface area contributed by atoms with Crippen LogP contribution in [0.1, 0.15) is 37.6 Å². The van der Waals surface area contributed by atoms with E-state index in [1.165, 1.54) is 20.3 Å². The second-order valence-electron chi connectivity index (χ2n) is 5.22. The van der Waals surface area contributed by atoms with E-state index < -0.39 is 11.6 Å². The van der Waals surface area contributed by atoms with E-state index in [0.29, 0.717) is 18.0 Å². The number of hydrogen-bond acceptors (Lipinski definition) is 5. The van der Waals surface area contributed by atoms with Gasteiger partial charge in [-0.2, -0.15) is 0 Å². The fourth-order valence-electron chi connectivity index (χ4n) is 1.59. The number of carbonyl (C=O) groups excluding carboxylic acids is 2. The molecule has 122 valence electrons. The van der Waals surface area contributed by atoms with Gasteiger partial charge in [-0.25, -0.2) is 4.79 Å². The number of benzene rings is 1. The summed E-state index contributed by atoms with van der Waals surface area (Å²) in [7, 11) is 2.76. The first kappa shape index (κ1) is 18.0. The van der Waals surface area contributed by atoms with Crippen molar-refractivity contribution in [1.29, 1.82) is 0 Å². The molecule has 0 aliphatic heterocycles. The number of anilines is 1. The average Bonchev–Trinajstić information content (AvgIpc) is 2.52. The number of ether oxygens (including phenoxy) is 3. The average molecular weight is 309 g/mol. The second-order valence-corrected chi connectivity index (χ2v) is 5.22. The first-order chi connectivity index (χ1) is 10.4. The third-order valence-electron chi connectivity index (χ3n) is 3.16. The molecule has 0 fully saturated rings. The third-order valence-corrected chi connectivity index (χ3v) is 3.16. The van der Waals surface area contributed by atoms with E-state index in [2.05, 4.69) is 5.32 Å². The number of carbonyl (C=O) groups is 2. The Labute approximate surface area is 130 Å². The molecule has 0 aliphatic carbocycles. The Morgan fingerprint density at radius 1 is 1.23 bits per heavy atom. The van der Waals surface area contributed by atoms with E-state index in [1.807, 2.05) is 6.92 Å². The molecule has 0 spiro atoms. The van der Waals surface area contributed by atoms with Crippen LogP contribution in [0.5, 0.6) is 5.75 Å². The number of esters is 1. The maximum atomic E-state index is 12.1. The molecule has 1 aromatic rings. The SMILES string of the molecule is CCCOc1ccc(NC(=O)C(C)(C)OC)cc1C(=O)OC. The zero-order valence-corrected chi connectivity index (χ0v) is 13.7. The summed E-state index contributed by atoms with van der Waals surface area (Å²) in [4.78, 5) is 23.9. The predicted molar refractivity (Wildman–Crippen MR) is 83.3 cm³/mol. The highest BCUT2D eigenvalue weighted by molar-refractivity contribution is 5.99. The Morgan fingerprint density at radius 2 is 1.91 bits per heavy atom. The smallest absolute Gasteiger partial charge is 0.341 e. The number of amides is 1. The molecule has 0 heterocycles. The standard InChI is InChI=1S/C16H23NO5/c1-6-9-22-13-8-7-11(10-12(13)14(18)20-4)17-15(19)16(2,3)21-5/h7-8,10H,6,9H2,1-5H3,(H,17,19). The summed E-state index contributed by atoms with van der Waals surface area (Å²) in [5, 5.41) is 2.71. The largest absolute Gasteiger partial charge is 0.493 e.